The van der Waals surface area contributed by atoms with E-state index < -0.39 is 18.0 Å². The van der Waals surface area contributed by atoms with Crippen LogP contribution in [0.15, 0.2) is 54.6 Å². The molecule has 0 aliphatic carbocycles. The number of imide groups is 1. The highest BCUT2D eigenvalue weighted by molar-refractivity contribution is 5.97. The first-order valence-electron chi connectivity index (χ1n) is 9.85. The third-order valence-electron chi connectivity index (χ3n) is 4.80. The topological polar surface area (TPSA) is 90.5 Å². The maximum atomic E-state index is 12.6. The van der Waals surface area contributed by atoms with Crippen LogP contribution in [0.25, 0.3) is 0 Å². The summed E-state index contributed by atoms with van der Waals surface area (Å²) in [6.07, 6.45) is 1.49. The second-order valence-corrected chi connectivity index (χ2v) is 6.89. The molecule has 0 saturated carbocycles. The Morgan fingerprint density at radius 2 is 1.79 bits per heavy atom. The number of nitrogens with one attached hydrogen (secondary N) is 3. The molecule has 2 aromatic rings. The lowest BCUT2D eigenvalue weighted by Gasteiger charge is -2.19. The van der Waals surface area contributed by atoms with E-state index >= 15 is 0 Å². The summed E-state index contributed by atoms with van der Waals surface area (Å²) in [5, 5.41) is 8.16. The summed E-state index contributed by atoms with van der Waals surface area (Å²) >= 11 is 0. The Morgan fingerprint density at radius 3 is 2.41 bits per heavy atom. The summed E-state index contributed by atoms with van der Waals surface area (Å²) in [7, 11) is 0. The molecule has 0 spiro atoms. The third-order valence-corrected chi connectivity index (χ3v) is 4.80. The molecule has 0 bridgehead atoms. The van der Waals surface area contributed by atoms with Gasteiger partial charge in [0, 0.05) is 31.7 Å². The van der Waals surface area contributed by atoms with E-state index in [1.165, 1.54) is 0 Å². The summed E-state index contributed by atoms with van der Waals surface area (Å²) < 4.78 is 0. The van der Waals surface area contributed by atoms with Gasteiger partial charge < -0.3 is 10.2 Å². The van der Waals surface area contributed by atoms with E-state index in [9.17, 15) is 14.4 Å². The molecule has 3 rings (SSSR count). The molecule has 1 heterocycles. The molecule has 7 nitrogen and oxygen atoms in total. The minimum Gasteiger partial charge on any atom is -0.338 e. The van der Waals surface area contributed by atoms with Gasteiger partial charge in [0.1, 0.15) is 6.04 Å². The summed E-state index contributed by atoms with van der Waals surface area (Å²) in [6, 6.07) is 15.8. The summed E-state index contributed by atoms with van der Waals surface area (Å²) in [5.41, 5.74) is 2.64. The number of urea groups is 1. The Labute approximate surface area is 170 Å². The number of carbonyl (C=O) groups excluding carboxylic acids is 3. The number of hydrogen-bond acceptors (Lipinski definition) is 4. The Hall–Kier alpha value is -3.19. The van der Waals surface area contributed by atoms with Crippen LogP contribution in [-0.4, -0.2) is 30.9 Å². The molecule has 4 amide bonds. The van der Waals surface area contributed by atoms with Gasteiger partial charge in [0.15, 0.2) is 0 Å². The van der Waals surface area contributed by atoms with Crippen molar-refractivity contribution in [2.45, 2.75) is 32.4 Å². The second kappa shape index (κ2) is 9.84. The lowest BCUT2D eigenvalue weighted by atomic mass is 10.1. The van der Waals surface area contributed by atoms with E-state index in [4.69, 9.17) is 0 Å². The molecular weight excluding hydrogens is 368 g/mol. The maximum absolute atomic E-state index is 12.6. The Bertz CT molecular complexity index is 852. The molecule has 7 heteroatoms. The molecular formula is C22H26N4O3. The third kappa shape index (κ3) is 5.42. The Balaban J connectivity index is 1.67. The van der Waals surface area contributed by atoms with Crippen LogP contribution in [0.2, 0.25) is 0 Å². The smallest absolute Gasteiger partial charge is 0.321 e. The second-order valence-electron chi connectivity index (χ2n) is 6.89. The predicted molar refractivity (Wildman–Crippen MR) is 111 cm³/mol. The fourth-order valence-corrected chi connectivity index (χ4v) is 3.33. The van der Waals surface area contributed by atoms with Crippen molar-refractivity contribution >= 4 is 23.5 Å². The van der Waals surface area contributed by atoms with Crippen molar-refractivity contribution in [3.63, 3.8) is 0 Å². The van der Waals surface area contributed by atoms with E-state index in [1.807, 2.05) is 54.6 Å². The number of anilines is 1. The van der Waals surface area contributed by atoms with Crippen molar-refractivity contribution in [2.24, 2.45) is 0 Å². The van der Waals surface area contributed by atoms with Gasteiger partial charge in [-0.15, -0.1) is 0 Å². The van der Waals surface area contributed by atoms with Gasteiger partial charge in [-0.25, -0.2) is 4.79 Å². The van der Waals surface area contributed by atoms with Gasteiger partial charge in [-0.2, -0.15) is 0 Å². The van der Waals surface area contributed by atoms with Gasteiger partial charge in [0.05, 0.1) is 0 Å². The fraction of sp³-hybridized carbons (Fsp3) is 0.318. The van der Waals surface area contributed by atoms with Crippen molar-refractivity contribution in [1.82, 2.24) is 16.0 Å². The number of benzene rings is 2. The first kappa shape index (κ1) is 20.5. The minimum atomic E-state index is -0.668. The SMILES string of the molecule is CCNC(=O)NC(=O)[C@H](NCc1ccc(N2CCCC2=O)cc1)c1ccccc1. The average molecular weight is 394 g/mol. The fourth-order valence-electron chi connectivity index (χ4n) is 3.33. The van der Waals surface area contributed by atoms with E-state index in [0.29, 0.717) is 19.5 Å². The van der Waals surface area contributed by atoms with Gasteiger partial charge in [-0.3, -0.25) is 20.2 Å². The zero-order valence-corrected chi connectivity index (χ0v) is 16.5. The maximum Gasteiger partial charge on any atom is 0.321 e. The molecule has 0 unspecified atom stereocenters. The number of carbonyl (C=O) groups is 3. The normalized spacial score (nSPS) is 14.5. The first-order chi connectivity index (χ1) is 14.1. The molecule has 1 saturated heterocycles. The first-order valence-corrected chi connectivity index (χ1v) is 9.85. The van der Waals surface area contributed by atoms with Crippen LogP contribution in [0.1, 0.15) is 36.9 Å². The molecule has 1 atom stereocenters. The van der Waals surface area contributed by atoms with Crippen molar-refractivity contribution in [3.8, 4) is 0 Å². The van der Waals surface area contributed by atoms with Crippen molar-refractivity contribution < 1.29 is 14.4 Å². The van der Waals surface area contributed by atoms with E-state index in [2.05, 4.69) is 16.0 Å². The van der Waals surface area contributed by atoms with Crippen LogP contribution in [0.4, 0.5) is 10.5 Å². The Morgan fingerprint density at radius 1 is 1.07 bits per heavy atom. The molecule has 3 N–H and O–H groups in total. The standard InChI is InChI=1S/C22H26N4O3/c1-2-23-22(29)25-21(28)20(17-7-4-3-5-8-17)24-15-16-10-12-18(13-11-16)26-14-6-9-19(26)27/h3-5,7-8,10-13,20,24H,2,6,9,14-15H2,1H3,(H2,23,25,28,29)/t20-/m1/s1. The molecule has 29 heavy (non-hydrogen) atoms. The predicted octanol–water partition coefficient (Wildman–Crippen LogP) is 2.49. The van der Waals surface area contributed by atoms with Crippen LogP contribution in [-0.2, 0) is 16.1 Å². The lowest BCUT2D eigenvalue weighted by molar-refractivity contribution is -0.122. The van der Waals surface area contributed by atoms with Crippen LogP contribution in [0.3, 0.4) is 0 Å². The van der Waals surface area contributed by atoms with Gasteiger partial charge in [0.25, 0.3) is 0 Å². The molecule has 0 radical (unpaired) electrons. The van der Waals surface area contributed by atoms with Gasteiger partial charge in [-0.1, -0.05) is 42.5 Å². The number of amides is 4. The quantitative estimate of drug-likeness (QED) is 0.673. The van der Waals surface area contributed by atoms with Gasteiger partial charge >= 0.3 is 6.03 Å². The van der Waals surface area contributed by atoms with Crippen LogP contribution in [0, 0.1) is 0 Å². The molecule has 152 valence electrons. The monoisotopic (exact) mass is 394 g/mol. The van der Waals surface area contributed by atoms with Crippen molar-refractivity contribution in [2.75, 3.05) is 18.0 Å². The number of nitrogens with zero attached hydrogens (tertiary/aromatic N) is 1. The van der Waals surface area contributed by atoms with Crippen LogP contribution >= 0.6 is 0 Å². The van der Waals surface area contributed by atoms with E-state index in [1.54, 1.807) is 11.8 Å². The number of hydrogen-bond donors (Lipinski definition) is 3. The average Bonchev–Trinajstić information content (AvgIpc) is 3.15. The van der Waals surface area contributed by atoms with Gasteiger partial charge in [-0.05, 0) is 36.6 Å². The van der Waals surface area contributed by atoms with Crippen molar-refractivity contribution in [3.05, 3.63) is 65.7 Å². The summed E-state index contributed by atoms with van der Waals surface area (Å²) in [4.78, 5) is 38.1. The molecule has 1 aliphatic rings. The highest BCUT2D eigenvalue weighted by atomic mass is 16.2. The van der Waals surface area contributed by atoms with Crippen LogP contribution < -0.4 is 20.9 Å². The molecule has 1 fully saturated rings. The van der Waals surface area contributed by atoms with E-state index in [0.717, 1.165) is 29.8 Å². The van der Waals surface area contributed by atoms with Crippen LogP contribution in [0.5, 0.6) is 0 Å². The zero-order valence-electron chi connectivity index (χ0n) is 16.5. The lowest BCUT2D eigenvalue weighted by Crippen LogP contribution is -2.44. The molecule has 0 aromatic heterocycles. The zero-order chi connectivity index (χ0) is 20.6. The summed E-state index contributed by atoms with van der Waals surface area (Å²) in [6.45, 7) is 3.42. The number of rotatable bonds is 7. The highest BCUT2D eigenvalue weighted by Crippen LogP contribution is 2.22. The summed E-state index contributed by atoms with van der Waals surface area (Å²) in [5.74, 6) is -0.261. The largest absolute Gasteiger partial charge is 0.338 e. The Kier molecular flexibility index (Phi) is 6.97. The molecule has 2 aromatic carbocycles. The van der Waals surface area contributed by atoms with Crippen molar-refractivity contribution in [1.29, 1.82) is 0 Å². The highest BCUT2D eigenvalue weighted by Gasteiger charge is 2.23. The van der Waals surface area contributed by atoms with E-state index in [-0.39, 0.29) is 5.91 Å². The minimum absolute atomic E-state index is 0.155. The van der Waals surface area contributed by atoms with Gasteiger partial charge in [0.2, 0.25) is 11.8 Å². The molecule has 1 aliphatic heterocycles.